The molecular weight excluding hydrogens is 403 g/mol. The zero-order valence-electron chi connectivity index (χ0n) is 16.0. The van der Waals surface area contributed by atoms with Crippen molar-refractivity contribution in [3.8, 4) is 0 Å². The highest BCUT2D eigenvalue weighted by Gasteiger charge is 2.31. The van der Waals surface area contributed by atoms with Crippen molar-refractivity contribution in [1.82, 2.24) is 15.2 Å². The molecule has 8 heteroatoms. The van der Waals surface area contributed by atoms with Gasteiger partial charge in [-0.3, -0.25) is 9.78 Å². The quantitative estimate of drug-likeness (QED) is 0.776. The van der Waals surface area contributed by atoms with Crippen LogP contribution in [0.5, 0.6) is 0 Å². The molecule has 158 valence electrons. The van der Waals surface area contributed by atoms with E-state index in [2.05, 4.69) is 10.3 Å². The van der Waals surface area contributed by atoms with Gasteiger partial charge in [0, 0.05) is 12.2 Å². The Morgan fingerprint density at radius 3 is 2.69 bits per heavy atom. The lowest BCUT2D eigenvalue weighted by molar-refractivity contribution is -0.138. The van der Waals surface area contributed by atoms with E-state index >= 15 is 0 Å². The van der Waals surface area contributed by atoms with Crippen LogP contribution in [0, 0.1) is 0 Å². The summed E-state index contributed by atoms with van der Waals surface area (Å²) in [5, 5.41) is 3.33. The van der Waals surface area contributed by atoms with Crippen molar-refractivity contribution in [2.45, 2.75) is 44.4 Å². The Labute approximate surface area is 174 Å². The number of pyridine rings is 1. The first-order chi connectivity index (χ1) is 13.4. The van der Waals surface area contributed by atoms with E-state index in [0.717, 1.165) is 50.2 Å². The van der Waals surface area contributed by atoms with Crippen molar-refractivity contribution in [1.29, 1.82) is 0 Å². The van der Waals surface area contributed by atoms with Gasteiger partial charge in [-0.05, 0) is 56.1 Å². The highest BCUT2D eigenvalue weighted by Crippen LogP contribution is 2.30. The molecule has 1 saturated heterocycles. The number of hydrogen-bond acceptors (Lipinski definition) is 3. The predicted octanol–water partition coefficient (Wildman–Crippen LogP) is 4.24. The SMILES string of the molecule is Cl.O=C(Cc1cccc(C(F)(F)F)c1)N(Cc1ccccn1)C1CCCNCC1. The third-order valence-electron chi connectivity index (χ3n) is 4.97. The van der Waals surface area contributed by atoms with Gasteiger partial charge in [-0.15, -0.1) is 12.4 Å². The van der Waals surface area contributed by atoms with Crippen molar-refractivity contribution >= 4 is 18.3 Å². The van der Waals surface area contributed by atoms with Gasteiger partial charge in [0.2, 0.25) is 5.91 Å². The first-order valence-corrected chi connectivity index (χ1v) is 9.50. The van der Waals surface area contributed by atoms with E-state index in [9.17, 15) is 18.0 Å². The Morgan fingerprint density at radius 1 is 1.14 bits per heavy atom. The second-order valence-electron chi connectivity index (χ2n) is 7.05. The summed E-state index contributed by atoms with van der Waals surface area (Å²) in [6, 6.07) is 10.6. The zero-order valence-corrected chi connectivity index (χ0v) is 16.8. The van der Waals surface area contributed by atoms with Crippen molar-refractivity contribution < 1.29 is 18.0 Å². The lowest BCUT2D eigenvalue weighted by atomic mass is 10.0. The summed E-state index contributed by atoms with van der Waals surface area (Å²) in [4.78, 5) is 19.2. The second-order valence-corrected chi connectivity index (χ2v) is 7.05. The van der Waals surface area contributed by atoms with Crippen LogP contribution in [-0.2, 0) is 23.9 Å². The highest BCUT2D eigenvalue weighted by molar-refractivity contribution is 5.85. The summed E-state index contributed by atoms with van der Waals surface area (Å²) in [7, 11) is 0. The number of halogens is 4. The van der Waals surface area contributed by atoms with Crippen LogP contribution in [-0.4, -0.2) is 34.9 Å². The van der Waals surface area contributed by atoms with E-state index in [-0.39, 0.29) is 30.8 Å². The summed E-state index contributed by atoms with van der Waals surface area (Å²) >= 11 is 0. The van der Waals surface area contributed by atoms with Crippen molar-refractivity contribution in [3.63, 3.8) is 0 Å². The topological polar surface area (TPSA) is 45.2 Å². The molecular formula is C21H25ClF3N3O. The molecule has 0 spiro atoms. The van der Waals surface area contributed by atoms with Crippen LogP contribution in [0.4, 0.5) is 13.2 Å². The molecule has 0 saturated carbocycles. The van der Waals surface area contributed by atoms with Crippen LogP contribution in [0.25, 0.3) is 0 Å². The molecule has 2 aromatic rings. The molecule has 2 heterocycles. The van der Waals surface area contributed by atoms with Crippen LogP contribution in [0.1, 0.15) is 36.1 Å². The number of carbonyl (C=O) groups excluding carboxylic acids is 1. The maximum Gasteiger partial charge on any atom is 0.416 e. The highest BCUT2D eigenvalue weighted by atomic mass is 35.5. The van der Waals surface area contributed by atoms with Gasteiger partial charge >= 0.3 is 6.18 Å². The average molecular weight is 428 g/mol. The van der Waals surface area contributed by atoms with Gasteiger partial charge in [0.1, 0.15) is 0 Å². The number of carbonyl (C=O) groups is 1. The Morgan fingerprint density at radius 2 is 1.97 bits per heavy atom. The number of benzene rings is 1. The van der Waals surface area contributed by atoms with Crippen LogP contribution in [0.2, 0.25) is 0 Å². The molecule has 3 rings (SSSR count). The first-order valence-electron chi connectivity index (χ1n) is 9.50. The lowest BCUT2D eigenvalue weighted by Crippen LogP contribution is -2.41. The molecule has 0 aliphatic carbocycles. The van der Waals surface area contributed by atoms with Crippen LogP contribution < -0.4 is 5.32 Å². The normalized spacial score (nSPS) is 17.1. The molecule has 1 amide bonds. The summed E-state index contributed by atoms with van der Waals surface area (Å²) in [5.41, 5.74) is 0.419. The minimum Gasteiger partial charge on any atom is -0.333 e. The minimum atomic E-state index is -4.42. The maximum absolute atomic E-state index is 13.1. The van der Waals surface area contributed by atoms with Gasteiger partial charge in [0.05, 0.1) is 24.2 Å². The molecule has 1 aromatic carbocycles. The fourth-order valence-electron chi connectivity index (χ4n) is 3.53. The number of hydrogen-bond donors (Lipinski definition) is 1. The Kier molecular flexibility index (Phi) is 8.46. The number of aromatic nitrogens is 1. The Bertz CT molecular complexity index is 778. The maximum atomic E-state index is 13.1. The Balaban J connectivity index is 0.00000300. The first kappa shape index (κ1) is 23.2. The van der Waals surface area contributed by atoms with E-state index in [1.54, 1.807) is 17.2 Å². The largest absolute Gasteiger partial charge is 0.416 e. The second kappa shape index (κ2) is 10.6. The van der Waals surface area contributed by atoms with Crippen molar-refractivity contribution in [2.75, 3.05) is 13.1 Å². The summed E-state index contributed by atoms with van der Waals surface area (Å²) in [6.07, 6.45) is -0.144. The third kappa shape index (κ3) is 6.72. The lowest BCUT2D eigenvalue weighted by Gasteiger charge is -2.31. The summed E-state index contributed by atoms with van der Waals surface area (Å²) in [6.45, 7) is 2.10. The number of alkyl halides is 3. The Hall–Kier alpha value is -2.12. The van der Waals surface area contributed by atoms with Gasteiger partial charge < -0.3 is 10.2 Å². The standard InChI is InChI=1S/C21H24F3N3O.ClH/c22-21(23,24)17-6-3-5-16(13-17)14-20(28)27(15-18-7-1-2-11-26-18)19-8-4-10-25-12-9-19;/h1-3,5-7,11,13,19,25H,4,8-10,12,14-15H2;1H. The molecule has 1 atom stereocenters. The fraction of sp³-hybridized carbons (Fsp3) is 0.429. The number of amides is 1. The smallest absolute Gasteiger partial charge is 0.333 e. The van der Waals surface area contributed by atoms with Gasteiger partial charge in [0.25, 0.3) is 0 Å². The monoisotopic (exact) mass is 427 g/mol. The molecule has 29 heavy (non-hydrogen) atoms. The average Bonchev–Trinajstić information content (AvgIpc) is 2.96. The molecule has 0 radical (unpaired) electrons. The van der Waals surface area contributed by atoms with Crippen LogP contribution in [0.3, 0.4) is 0 Å². The van der Waals surface area contributed by atoms with E-state index in [1.165, 1.54) is 6.07 Å². The van der Waals surface area contributed by atoms with E-state index in [1.807, 2.05) is 18.2 Å². The van der Waals surface area contributed by atoms with Crippen molar-refractivity contribution in [2.24, 2.45) is 0 Å². The molecule has 1 aromatic heterocycles. The zero-order chi connectivity index (χ0) is 20.0. The molecule has 1 N–H and O–H groups in total. The van der Waals surface area contributed by atoms with E-state index < -0.39 is 11.7 Å². The van der Waals surface area contributed by atoms with E-state index in [4.69, 9.17) is 0 Å². The molecule has 1 fully saturated rings. The molecule has 1 aliphatic heterocycles. The molecule has 1 aliphatic rings. The van der Waals surface area contributed by atoms with Crippen LogP contribution in [0.15, 0.2) is 48.7 Å². The van der Waals surface area contributed by atoms with Gasteiger partial charge in [-0.1, -0.05) is 24.3 Å². The number of nitrogens with zero attached hydrogens (tertiary/aromatic N) is 2. The van der Waals surface area contributed by atoms with Crippen molar-refractivity contribution in [3.05, 3.63) is 65.5 Å². The fourth-order valence-corrected chi connectivity index (χ4v) is 3.53. The van der Waals surface area contributed by atoms with Crippen LogP contribution >= 0.6 is 12.4 Å². The molecule has 4 nitrogen and oxygen atoms in total. The number of rotatable bonds is 5. The summed E-state index contributed by atoms with van der Waals surface area (Å²) < 4.78 is 38.9. The van der Waals surface area contributed by atoms with Gasteiger partial charge in [0.15, 0.2) is 0 Å². The number of nitrogens with one attached hydrogen (secondary N) is 1. The molecule has 1 unspecified atom stereocenters. The van der Waals surface area contributed by atoms with Gasteiger partial charge in [-0.2, -0.15) is 13.2 Å². The van der Waals surface area contributed by atoms with E-state index in [0.29, 0.717) is 12.1 Å². The predicted molar refractivity (Wildman–Crippen MR) is 108 cm³/mol. The minimum absolute atomic E-state index is 0. The summed E-state index contributed by atoms with van der Waals surface area (Å²) in [5.74, 6) is -0.170. The van der Waals surface area contributed by atoms with Gasteiger partial charge in [-0.25, -0.2) is 0 Å². The molecule has 0 bridgehead atoms. The third-order valence-corrected chi connectivity index (χ3v) is 4.97.